The van der Waals surface area contributed by atoms with Gasteiger partial charge in [0.1, 0.15) is 0 Å². The molecular formula is C14H19N5. The zero-order chi connectivity index (χ0) is 13.2. The lowest BCUT2D eigenvalue weighted by atomic mass is 10.0. The number of hydrogen-bond donors (Lipinski definition) is 0. The van der Waals surface area contributed by atoms with Crippen LogP contribution < -0.4 is 4.90 Å². The zero-order valence-electron chi connectivity index (χ0n) is 11.5. The van der Waals surface area contributed by atoms with E-state index in [9.17, 15) is 0 Å². The Morgan fingerprint density at radius 3 is 3.00 bits per heavy atom. The number of hydrogen-bond acceptors (Lipinski definition) is 4. The quantitative estimate of drug-likeness (QED) is 0.842. The van der Waals surface area contributed by atoms with Crippen LogP contribution in [-0.2, 0) is 13.1 Å². The van der Waals surface area contributed by atoms with Gasteiger partial charge in [0.05, 0.1) is 6.54 Å². The molecule has 0 spiro atoms. The van der Waals surface area contributed by atoms with Crippen molar-refractivity contribution in [2.45, 2.75) is 39.3 Å². The maximum Gasteiger partial charge on any atom is 0.170 e. The third-order valence-electron chi connectivity index (χ3n) is 3.68. The Bertz CT molecular complexity index is 562. The number of tetrazole rings is 1. The third kappa shape index (κ3) is 2.20. The van der Waals surface area contributed by atoms with E-state index in [1.54, 1.807) is 0 Å². The first-order valence-electron chi connectivity index (χ1n) is 6.88. The summed E-state index contributed by atoms with van der Waals surface area (Å²) in [7, 11) is 0. The average molecular weight is 257 g/mol. The molecule has 5 heteroatoms. The minimum atomic E-state index is 0.576. The molecular weight excluding hydrogens is 238 g/mol. The molecule has 100 valence electrons. The molecule has 19 heavy (non-hydrogen) atoms. The number of rotatable bonds is 4. The van der Waals surface area contributed by atoms with E-state index >= 15 is 0 Å². The van der Waals surface area contributed by atoms with Crippen molar-refractivity contribution in [2.75, 3.05) is 11.4 Å². The van der Waals surface area contributed by atoms with Crippen LogP contribution in [-0.4, -0.2) is 26.8 Å². The van der Waals surface area contributed by atoms with Crippen molar-refractivity contribution >= 4 is 5.69 Å². The molecule has 0 saturated carbocycles. The molecule has 2 heterocycles. The SMILES string of the molecule is CCCn1nnnc1CN1C[C@H](C)c2ccccc21. The number of nitrogens with zero attached hydrogens (tertiary/aromatic N) is 5. The second-order valence-electron chi connectivity index (χ2n) is 5.16. The van der Waals surface area contributed by atoms with E-state index in [1.165, 1.54) is 11.3 Å². The van der Waals surface area contributed by atoms with Gasteiger partial charge in [0, 0.05) is 24.7 Å². The van der Waals surface area contributed by atoms with Crippen LogP contribution in [0.2, 0.25) is 0 Å². The van der Waals surface area contributed by atoms with Crippen molar-refractivity contribution in [1.82, 2.24) is 20.2 Å². The normalized spacial score (nSPS) is 17.8. The van der Waals surface area contributed by atoms with Gasteiger partial charge in [0.2, 0.25) is 0 Å². The van der Waals surface area contributed by atoms with Gasteiger partial charge >= 0.3 is 0 Å². The summed E-state index contributed by atoms with van der Waals surface area (Å²) in [5.74, 6) is 1.53. The maximum absolute atomic E-state index is 4.16. The molecule has 0 fully saturated rings. The van der Waals surface area contributed by atoms with E-state index in [1.807, 2.05) is 4.68 Å². The first-order chi connectivity index (χ1) is 9.29. The van der Waals surface area contributed by atoms with Crippen molar-refractivity contribution in [3.63, 3.8) is 0 Å². The van der Waals surface area contributed by atoms with Crippen molar-refractivity contribution in [1.29, 1.82) is 0 Å². The number of para-hydroxylation sites is 1. The van der Waals surface area contributed by atoms with Gasteiger partial charge < -0.3 is 4.90 Å². The number of anilines is 1. The van der Waals surface area contributed by atoms with Crippen LogP contribution >= 0.6 is 0 Å². The van der Waals surface area contributed by atoms with E-state index in [4.69, 9.17) is 0 Å². The molecule has 0 N–H and O–H groups in total. The van der Waals surface area contributed by atoms with Gasteiger partial charge in [-0.2, -0.15) is 0 Å². The molecule has 3 rings (SSSR count). The lowest BCUT2D eigenvalue weighted by Gasteiger charge is -2.18. The van der Waals surface area contributed by atoms with Gasteiger partial charge in [-0.1, -0.05) is 32.0 Å². The highest BCUT2D eigenvalue weighted by molar-refractivity contribution is 5.59. The lowest BCUT2D eigenvalue weighted by molar-refractivity contribution is 0.549. The molecule has 0 amide bonds. The van der Waals surface area contributed by atoms with Crippen molar-refractivity contribution < 1.29 is 0 Å². The van der Waals surface area contributed by atoms with Crippen LogP contribution in [0.3, 0.4) is 0 Å². The summed E-state index contributed by atoms with van der Waals surface area (Å²) < 4.78 is 1.91. The highest BCUT2D eigenvalue weighted by Crippen LogP contribution is 2.36. The molecule has 1 atom stereocenters. The van der Waals surface area contributed by atoms with Crippen molar-refractivity contribution in [3.8, 4) is 0 Å². The fourth-order valence-corrected chi connectivity index (χ4v) is 2.76. The summed E-state index contributed by atoms with van der Waals surface area (Å²) in [6.45, 7) is 7.12. The van der Waals surface area contributed by atoms with Gasteiger partial charge in [-0.05, 0) is 28.5 Å². The first-order valence-corrected chi connectivity index (χ1v) is 6.88. The molecule has 1 aromatic heterocycles. The lowest BCUT2D eigenvalue weighted by Crippen LogP contribution is -2.23. The zero-order valence-corrected chi connectivity index (χ0v) is 11.5. The van der Waals surface area contributed by atoms with Crippen LogP contribution in [0.4, 0.5) is 5.69 Å². The van der Waals surface area contributed by atoms with Crippen LogP contribution in [0.1, 0.15) is 37.6 Å². The Kier molecular flexibility index (Phi) is 3.19. The van der Waals surface area contributed by atoms with E-state index in [0.29, 0.717) is 5.92 Å². The Labute approximate surface area is 113 Å². The molecule has 1 aliphatic heterocycles. The number of aromatic nitrogens is 4. The van der Waals surface area contributed by atoms with Crippen LogP contribution in [0.5, 0.6) is 0 Å². The van der Waals surface area contributed by atoms with E-state index in [0.717, 1.165) is 31.9 Å². The minimum absolute atomic E-state index is 0.576. The standard InChI is InChI=1S/C14H19N5/c1-3-8-19-14(15-16-17-19)10-18-9-11(2)12-6-4-5-7-13(12)18/h4-7,11H,3,8-10H2,1-2H3/t11-/m0/s1. The van der Waals surface area contributed by atoms with Crippen LogP contribution in [0, 0.1) is 0 Å². The number of benzene rings is 1. The predicted molar refractivity (Wildman–Crippen MR) is 74.0 cm³/mol. The summed E-state index contributed by atoms with van der Waals surface area (Å²) in [5, 5.41) is 12.0. The van der Waals surface area contributed by atoms with Crippen molar-refractivity contribution in [3.05, 3.63) is 35.7 Å². The van der Waals surface area contributed by atoms with Crippen LogP contribution in [0.15, 0.2) is 24.3 Å². The molecule has 0 saturated heterocycles. The third-order valence-corrected chi connectivity index (χ3v) is 3.68. The summed E-state index contributed by atoms with van der Waals surface area (Å²) in [6.07, 6.45) is 1.05. The predicted octanol–water partition coefficient (Wildman–Crippen LogP) is 2.21. The molecule has 5 nitrogen and oxygen atoms in total. The largest absolute Gasteiger partial charge is 0.363 e. The van der Waals surface area contributed by atoms with Crippen molar-refractivity contribution in [2.24, 2.45) is 0 Å². The Hall–Kier alpha value is -1.91. The number of fused-ring (bicyclic) bond motifs is 1. The van der Waals surface area contributed by atoms with Gasteiger partial charge in [-0.15, -0.1) is 5.10 Å². The van der Waals surface area contributed by atoms with E-state index in [2.05, 4.69) is 58.5 Å². The minimum Gasteiger partial charge on any atom is -0.363 e. The highest BCUT2D eigenvalue weighted by Gasteiger charge is 2.26. The van der Waals surface area contributed by atoms with Gasteiger partial charge in [0.25, 0.3) is 0 Å². The Morgan fingerprint density at radius 2 is 2.16 bits per heavy atom. The molecule has 0 aliphatic carbocycles. The summed E-state index contributed by atoms with van der Waals surface area (Å²) in [6, 6.07) is 8.61. The highest BCUT2D eigenvalue weighted by atomic mass is 15.5. The fraction of sp³-hybridized carbons (Fsp3) is 0.500. The molecule has 0 radical (unpaired) electrons. The molecule has 0 unspecified atom stereocenters. The smallest absolute Gasteiger partial charge is 0.170 e. The number of aryl methyl sites for hydroxylation is 1. The van der Waals surface area contributed by atoms with Crippen LogP contribution in [0.25, 0.3) is 0 Å². The fourth-order valence-electron chi connectivity index (χ4n) is 2.76. The Balaban J connectivity index is 1.83. The molecule has 2 aromatic rings. The second-order valence-corrected chi connectivity index (χ2v) is 5.16. The first kappa shape index (κ1) is 12.1. The van der Waals surface area contributed by atoms with Gasteiger partial charge in [-0.25, -0.2) is 4.68 Å². The second kappa shape index (κ2) is 4.99. The summed E-state index contributed by atoms with van der Waals surface area (Å²) >= 11 is 0. The monoisotopic (exact) mass is 257 g/mol. The topological polar surface area (TPSA) is 46.8 Å². The van der Waals surface area contributed by atoms with E-state index in [-0.39, 0.29) is 0 Å². The summed E-state index contributed by atoms with van der Waals surface area (Å²) in [5.41, 5.74) is 2.75. The van der Waals surface area contributed by atoms with E-state index < -0.39 is 0 Å². The molecule has 1 aliphatic rings. The molecule has 0 bridgehead atoms. The Morgan fingerprint density at radius 1 is 1.32 bits per heavy atom. The van der Waals surface area contributed by atoms with Gasteiger partial charge in [0.15, 0.2) is 5.82 Å². The summed E-state index contributed by atoms with van der Waals surface area (Å²) in [4.78, 5) is 2.37. The maximum atomic E-state index is 4.16. The average Bonchev–Trinajstić information content (AvgIpc) is 2.98. The van der Waals surface area contributed by atoms with Gasteiger partial charge in [-0.3, -0.25) is 0 Å². The molecule has 1 aromatic carbocycles.